The largest absolute Gasteiger partial charge is 0.492 e. The summed E-state index contributed by atoms with van der Waals surface area (Å²) in [6.45, 7) is 5.49. The maximum absolute atomic E-state index is 5.90. The fourth-order valence-corrected chi connectivity index (χ4v) is 3.47. The van der Waals surface area contributed by atoms with Crippen LogP contribution in [0.3, 0.4) is 0 Å². The van der Waals surface area contributed by atoms with E-state index >= 15 is 0 Å². The van der Waals surface area contributed by atoms with Gasteiger partial charge >= 0.3 is 0 Å². The standard InChI is InChI=1S/C17H25BrN2O/c18-15-2-1-3-17(12-15)21-11-10-20(16-4-5-16)13-14-6-8-19-9-7-14/h1-3,12,14,16,19H,4-11,13H2. The monoisotopic (exact) mass is 352 g/mol. The lowest BCUT2D eigenvalue weighted by molar-refractivity contribution is 0.164. The third kappa shape index (κ3) is 4.97. The van der Waals surface area contributed by atoms with E-state index in [2.05, 4.69) is 26.1 Å². The predicted octanol–water partition coefficient (Wildman–Crippen LogP) is 3.29. The molecule has 2 aliphatic rings. The molecule has 1 aromatic carbocycles. The molecule has 1 aliphatic carbocycles. The van der Waals surface area contributed by atoms with Gasteiger partial charge in [-0.2, -0.15) is 0 Å². The van der Waals surface area contributed by atoms with Crippen LogP contribution in [0, 0.1) is 5.92 Å². The summed E-state index contributed by atoms with van der Waals surface area (Å²) < 4.78 is 6.98. The van der Waals surface area contributed by atoms with E-state index < -0.39 is 0 Å². The first-order valence-corrected chi connectivity index (χ1v) is 8.94. The van der Waals surface area contributed by atoms with E-state index in [1.165, 1.54) is 45.3 Å². The minimum absolute atomic E-state index is 0.790. The summed E-state index contributed by atoms with van der Waals surface area (Å²) in [5.74, 6) is 1.83. The number of halogens is 1. The van der Waals surface area contributed by atoms with Crippen molar-refractivity contribution >= 4 is 15.9 Å². The first-order chi connectivity index (χ1) is 10.3. The highest BCUT2D eigenvalue weighted by Crippen LogP contribution is 2.28. The van der Waals surface area contributed by atoms with Gasteiger partial charge in [-0.15, -0.1) is 0 Å². The number of piperidine rings is 1. The third-order valence-electron chi connectivity index (χ3n) is 4.46. The van der Waals surface area contributed by atoms with Crippen molar-refractivity contribution in [2.45, 2.75) is 31.7 Å². The molecule has 21 heavy (non-hydrogen) atoms. The highest BCUT2D eigenvalue weighted by molar-refractivity contribution is 9.10. The topological polar surface area (TPSA) is 24.5 Å². The lowest BCUT2D eigenvalue weighted by atomic mass is 9.97. The molecule has 1 aliphatic heterocycles. The van der Waals surface area contributed by atoms with Crippen molar-refractivity contribution in [3.05, 3.63) is 28.7 Å². The smallest absolute Gasteiger partial charge is 0.120 e. The van der Waals surface area contributed by atoms with Crippen LogP contribution in [0.4, 0.5) is 0 Å². The van der Waals surface area contributed by atoms with Crippen LogP contribution in [-0.4, -0.2) is 43.7 Å². The van der Waals surface area contributed by atoms with E-state index in [-0.39, 0.29) is 0 Å². The minimum atomic E-state index is 0.790. The maximum Gasteiger partial charge on any atom is 0.120 e. The molecule has 0 radical (unpaired) electrons. The summed E-state index contributed by atoms with van der Waals surface area (Å²) in [7, 11) is 0. The fraction of sp³-hybridized carbons (Fsp3) is 0.647. The van der Waals surface area contributed by atoms with E-state index in [0.717, 1.165) is 35.3 Å². The molecule has 0 unspecified atom stereocenters. The number of ether oxygens (including phenoxy) is 1. The summed E-state index contributed by atoms with van der Waals surface area (Å²) in [4.78, 5) is 2.66. The molecule has 4 heteroatoms. The van der Waals surface area contributed by atoms with Gasteiger partial charge in [-0.25, -0.2) is 0 Å². The summed E-state index contributed by atoms with van der Waals surface area (Å²) in [5, 5.41) is 3.46. The van der Waals surface area contributed by atoms with Crippen LogP contribution in [-0.2, 0) is 0 Å². The van der Waals surface area contributed by atoms with E-state index in [4.69, 9.17) is 4.74 Å². The van der Waals surface area contributed by atoms with Crippen LogP contribution in [0.25, 0.3) is 0 Å². The van der Waals surface area contributed by atoms with E-state index in [1.807, 2.05) is 24.3 Å². The first kappa shape index (κ1) is 15.3. The number of hydrogen-bond acceptors (Lipinski definition) is 3. The first-order valence-electron chi connectivity index (χ1n) is 8.14. The Kier molecular flexibility index (Phi) is 5.55. The molecule has 1 N–H and O–H groups in total. The lowest BCUT2D eigenvalue weighted by Gasteiger charge is -2.30. The second-order valence-corrected chi connectivity index (χ2v) is 7.14. The van der Waals surface area contributed by atoms with Gasteiger partial charge in [-0.1, -0.05) is 22.0 Å². The molecule has 0 amide bonds. The Morgan fingerprint density at radius 2 is 2.00 bits per heavy atom. The quantitative estimate of drug-likeness (QED) is 0.814. The van der Waals surface area contributed by atoms with Gasteiger partial charge in [-0.3, -0.25) is 4.90 Å². The molecule has 1 aromatic rings. The SMILES string of the molecule is Brc1cccc(OCCN(CC2CCNCC2)C2CC2)c1. The van der Waals surface area contributed by atoms with Gasteiger partial charge in [0.1, 0.15) is 12.4 Å². The average molecular weight is 353 g/mol. The number of nitrogens with one attached hydrogen (secondary N) is 1. The van der Waals surface area contributed by atoms with Crippen LogP contribution >= 0.6 is 15.9 Å². The zero-order chi connectivity index (χ0) is 14.5. The number of hydrogen-bond donors (Lipinski definition) is 1. The van der Waals surface area contributed by atoms with Crippen molar-refractivity contribution in [2.75, 3.05) is 32.8 Å². The summed E-state index contributed by atoms with van der Waals surface area (Å²) >= 11 is 3.49. The van der Waals surface area contributed by atoms with Gasteiger partial charge < -0.3 is 10.1 Å². The van der Waals surface area contributed by atoms with Crippen LogP contribution in [0.5, 0.6) is 5.75 Å². The molecular formula is C17H25BrN2O. The van der Waals surface area contributed by atoms with Crippen molar-refractivity contribution in [3.63, 3.8) is 0 Å². The van der Waals surface area contributed by atoms with Gasteiger partial charge in [0.05, 0.1) is 0 Å². The summed E-state index contributed by atoms with van der Waals surface area (Å²) in [5.41, 5.74) is 0. The Morgan fingerprint density at radius 1 is 1.19 bits per heavy atom. The van der Waals surface area contributed by atoms with Gasteiger partial charge in [0.15, 0.2) is 0 Å². The zero-order valence-corrected chi connectivity index (χ0v) is 14.1. The van der Waals surface area contributed by atoms with Gasteiger partial charge in [0.25, 0.3) is 0 Å². The number of nitrogens with zero attached hydrogens (tertiary/aromatic N) is 1. The molecule has 1 saturated carbocycles. The van der Waals surface area contributed by atoms with Crippen molar-refractivity contribution in [2.24, 2.45) is 5.92 Å². The summed E-state index contributed by atoms with van der Waals surface area (Å²) in [6.07, 6.45) is 5.41. The van der Waals surface area contributed by atoms with Gasteiger partial charge in [0.2, 0.25) is 0 Å². The van der Waals surface area contributed by atoms with Gasteiger partial charge in [0, 0.05) is 23.6 Å². The van der Waals surface area contributed by atoms with Gasteiger partial charge in [-0.05, 0) is 62.9 Å². The molecule has 0 bridgehead atoms. The molecule has 116 valence electrons. The van der Waals surface area contributed by atoms with Crippen molar-refractivity contribution in [3.8, 4) is 5.75 Å². The highest BCUT2D eigenvalue weighted by atomic mass is 79.9. The molecule has 1 heterocycles. The van der Waals surface area contributed by atoms with Crippen molar-refractivity contribution in [1.29, 1.82) is 0 Å². The van der Waals surface area contributed by atoms with Crippen molar-refractivity contribution in [1.82, 2.24) is 10.2 Å². The third-order valence-corrected chi connectivity index (χ3v) is 4.95. The van der Waals surface area contributed by atoms with Crippen LogP contribution < -0.4 is 10.1 Å². The second-order valence-electron chi connectivity index (χ2n) is 6.23. The van der Waals surface area contributed by atoms with E-state index in [1.54, 1.807) is 0 Å². The maximum atomic E-state index is 5.90. The lowest BCUT2D eigenvalue weighted by Crippen LogP contribution is -2.39. The zero-order valence-electron chi connectivity index (χ0n) is 12.6. The molecule has 0 spiro atoms. The Morgan fingerprint density at radius 3 is 2.71 bits per heavy atom. The summed E-state index contributed by atoms with van der Waals surface area (Å²) in [6, 6.07) is 8.94. The Hall–Kier alpha value is -0.580. The number of benzene rings is 1. The number of rotatable bonds is 7. The molecular weight excluding hydrogens is 328 g/mol. The molecule has 3 rings (SSSR count). The highest BCUT2D eigenvalue weighted by Gasteiger charge is 2.30. The van der Waals surface area contributed by atoms with Crippen LogP contribution in [0.15, 0.2) is 28.7 Å². The predicted molar refractivity (Wildman–Crippen MR) is 89.8 cm³/mol. The van der Waals surface area contributed by atoms with Crippen LogP contribution in [0.1, 0.15) is 25.7 Å². The Balaban J connectivity index is 1.44. The Labute approximate surface area is 136 Å². The molecule has 1 saturated heterocycles. The molecule has 0 atom stereocenters. The second kappa shape index (κ2) is 7.61. The van der Waals surface area contributed by atoms with E-state index in [9.17, 15) is 0 Å². The minimum Gasteiger partial charge on any atom is -0.492 e. The fourth-order valence-electron chi connectivity index (χ4n) is 3.10. The molecule has 0 aromatic heterocycles. The van der Waals surface area contributed by atoms with E-state index in [0.29, 0.717) is 0 Å². The van der Waals surface area contributed by atoms with Crippen LogP contribution in [0.2, 0.25) is 0 Å². The molecule has 3 nitrogen and oxygen atoms in total. The Bertz CT molecular complexity index is 444. The molecule has 2 fully saturated rings. The normalized spacial score (nSPS) is 19.9. The van der Waals surface area contributed by atoms with Crippen molar-refractivity contribution < 1.29 is 4.74 Å². The average Bonchev–Trinajstić information content (AvgIpc) is 3.32.